The Hall–Kier alpha value is -1.40. The van der Waals surface area contributed by atoms with Crippen LogP contribution in [-0.4, -0.2) is 16.8 Å². The number of rotatable bonds is 4. The standard InChI is InChI=1S/C14H12BrNO3S/c15-8-3-7-11(5-10(8)18)20-12(13(7)14(16)19)4-9(17)6-1-2-6/h3,5-6,18H,1-2,4H2,(H2,16,19). The van der Waals surface area contributed by atoms with Crippen molar-refractivity contribution in [3.63, 3.8) is 0 Å². The van der Waals surface area contributed by atoms with Crippen LogP contribution in [-0.2, 0) is 11.2 Å². The molecule has 0 aliphatic heterocycles. The van der Waals surface area contributed by atoms with Crippen molar-refractivity contribution in [2.45, 2.75) is 19.3 Å². The van der Waals surface area contributed by atoms with Crippen LogP contribution in [0.5, 0.6) is 5.75 Å². The number of hydrogen-bond donors (Lipinski definition) is 2. The summed E-state index contributed by atoms with van der Waals surface area (Å²) < 4.78 is 1.27. The smallest absolute Gasteiger partial charge is 0.250 e. The van der Waals surface area contributed by atoms with Gasteiger partial charge < -0.3 is 10.8 Å². The number of hydrogen-bond acceptors (Lipinski definition) is 4. The summed E-state index contributed by atoms with van der Waals surface area (Å²) in [6.07, 6.45) is 2.14. The summed E-state index contributed by atoms with van der Waals surface area (Å²) in [5, 5.41) is 10.4. The van der Waals surface area contributed by atoms with Gasteiger partial charge in [0.15, 0.2) is 0 Å². The number of primary amides is 1. The first-order chi connectivity index (χ1) is 9.47. The summed E-state index contributed by atoms with van der Waals surface area (Å²) in [5.74, 6) is -0.106. The minimum atomic E-state index is -0.535. The zero-order valence-electron chi connectivity index (χ0n) is 10.5. The number of carbonyl (C=O) groups excluding carboxylic acids is 2. The Kier molecular flexibility index (Phi) is 3.30. The summed E-state index contributed by atoms with van der Waals surface area (Å²) >= 11 is 4.57. The molecule has 1 saturated carbocycles. The van der Waals surface area contributed by atoms with Crippen molar-refractivity contribution >= 4 is 49.0 Å². The third-order valence-electron chi connectivity index (χ3n) is 3.44. The van der Waals surface area contributed by atoms with E-state index < -0.39 is 5.91 Å². The molecule has 1 fully saturated rings. The molecular formula is C14H12BrNO3S. The molecule has 6 heteroatoms. The monoisotopic (exact) mass is 353 g/mol. The minimum Gasteiger partial charge on any atom is -0.507 e. The highest BCUT2D eigenvalue weighted by Gasteiger charge is 2.31. The molecule has 1 aliphatic carbocycles. The van der Waals surface area contributed by atoms with Gasteiger partial charge in [0.2, 0.25) is 5.91 Å². The lowest BCUT2D eigenvalue weighted by Crippen LogP contribution is -2.14. The SMILES string of the molecule is NC(=O)c1c(CC(=O)C2CC2)sc2cc(O)c(Br)cc12. The van der Waals surface area contributed by atoms with E-state index in [0.717, 1.165) is 17.5 Å². The van der Waals surface area contributed by atoms with Gasteiger partial charge in [-0.1, -0.05) is 0 Å². The van der Waals surface area contributed by atoms with E-state index in [0.29, 0.717) is 20.3 Å². The zero-order chi connectivity index (χ0) is 14.4. The topological polar surface area (TPSA) is 80.4 Å². The van der Waals surface area contributed by atoms with Crippen molar-refractivity contribution in [1.82, 2.24) is 0 Å². The van der Waals surface area contributed by atoms with Crippen LogP contribution in [0.2, 0.25) is 0 Å². The van der Waals surface area contributed by atoms with Gasteiger partial charge in [-0.25, -0.2) is 0 Å². The lowest BCUT2D eigenvalue weighted by atomic mass is 10.1. The molecule has 0 bridgehead atoms. The van der Waals surface area contributed by atoms with Gasteiger partial charge in [0.1, 0.15) is 11.5 Å². The highest BCUT2D eigenvalue weighted by atomic mass is 79.9. The van der Waals surface area contributed by atoms with Crippen LogP contribution in [0, 0.1) is 5.92 Å². The number of ketones is 1. The van der Waals surface area contributed by atoms with E-state index in [-0.39, 0.29) is 23.9 Å². The highest BCUT2D eigenvalue weighted by molar-refractivity contribution is 9.10. The molecule has 0 unspecified atom stereocenters. The Morgan fingerprint density at radius 2 is 2.10 bits per heavy atom. The average molecular weight is 354 g/mol. The number of Topliss-reactive ketones (excluding diaryl/α,β-unsaturated/α-hetero) is 1. The quantitative estimate of drug-likeness (QED) is 0.886. The fourth-order valence-electron chi connectivity index (χ4n) is 2.26. The van der Waals surface area contributed by atoms with Crippen LogP contribution in [0.3, 0.4) is 0 Å². The molecule has 3 N–H and O–H groups in total. The maximum Gasteiger partial charge on any atom is 0.250 e. The molecule has 1 aliphatic rings. The Bertz CT molecular complexity index is 734. The number of phenols is 1. The molecule has 2 aromatic rings. The normalized spacial score (nSPS) is 14.7. The molecule has 0 saturated heterocycles. The summed E-state index contributed by atoms with van der Waals surface area (Å²) in [7, 11) is 0. The van der Waals surface area contributed by atoms with Crippen LogP contribution >= 0.6 is 27.3 Å². The lowest BCUT2D eigenvalue weighted by molar-refractivity contribution is -0.119. The van der Waals surface area contributed by atoms with Crippen LogP contribution in [0.4, 0.5) is 0 Å². The van der Waals surface area contributed by atoms with E-state index in [1.165, 1.54) is 11.3 Å². The molecular weight excluding hydrogens is 342 g/mol. The zero-order valence-corrected chi connectivity index (χ0v) is 12.9. The fraction of sp³-hybridized carbons (Fsp3) is 0.286. The summed E-state index contributed by atoms with van der Waals surface area (Å²) in [6, 6.07) is 3.26. The van der Waals surface area contributed by atoms with Crippen molar-refractivity contribution in [3.05, 3.63) is 27.0 Å². The van der Waals surface area contributed by atoms with Gasteiger partial charge >= 0.3 is 0 Å². The van der Waals surface area contributed by atoms with E-state index in [9.17, 15) is 14.7 Å². The average Bonchev–Trinajstić information content (AvgIpc) is 3.14. The van der Waals surface area contributed by atoms with Gasteiger partial charge in [0.05, 0.1) is 10.0 Å². The molecule has 20 heavy (non-hydrogen) atoms. The number of thiophene rings is 1. The number of amides is 1. The van der Waals surface area contributed by atoms with E-state index in [1.807, 2.05) is 0 Å². The van der Waals surface area contributed by atoms with Crippen LogP contribution in [0.25, 0.3) is 10.1 Å². The number of fused-ring (bicyclic) bond motifs is 1. The van der Waals surface area contributed by atoms with E-state index in [1.54, 1.807) is 12.1 Å². The number of benzene rings is 1. The minimum absolute atomic E-state index is 0.106. The van der Waals surface area contributed by atoms with Gasteiger partial charge in [0.25, 0.3) is 0 Å². The third-order valence-corrected chi connectivity index (χ3v) is 5.23. The largest absolute Gasteiger partial charge is 0.507 e. The van der Waals surface area contributed by atoms with Gasteiger partial charge in [-0.3, -0.25) is 9.59 Å². The molecule has 1 aromatic carbocycles. The summed E-state index contributed by atoms with van der Waals surface area (Å²) in [5.41, 5.74) is 5.86. The lowest BCUT2D eigenvalue weighted by Gasteiger charge is -2.00. The van der Waals surface area contributed by atoms with Crippen molar-refractivity contribution in [2.24, 2.45) is 11.7 Å². The van der Waals surface area contributed by atoms with E-state index in [4.69, 9.17) is 5.73 Å². The van der Waals surface area contributed by atoms with Crippen molar-refractivity contribution in [2.75, 3.05) is 0 Å². The summed E-state index contributed by atoms with van der Waals surface area (Å²) in [6.45, 7) is 0. The Balaban J connectivity index is 2.12. The first-order valence-corrected chi connectivity index (χ1v) is 7.84. The molecule has 0 atom stereocenters. The van der Waals surface area contributed by atoms with Gasteiger partial charge in [-0.2, -0.15) is 0 Å². The molecule has 0 radical (unpaired) electrons. The van der Waals surface area contributed by atoms with Gasteiger partial charge in [-0.15, -0.1) is 11.3 Å². The Labute approximate surface area is 127 Å². The maximum atomic E-state index is 12.0. The van der Waals surface area contributed by atoms with Crippen LogP contribution < -0.4 is 5.73 Å². The van der Waals surface area contributed by atoms with Crippen LogP contribution in [0.1, 0.15) is 28.1 Å². The van der Waals surface area contributed by atoms with Gasteiger partial charge in [-0.05, 0) is 40.9 Å². The molecule has 1 aromatic heterocycles. The predicted molar refractivity (Wildman–Crippen MR) is 81.1 cm³/mol. The first kappa shape index (κ1) is 13.6. The Morgan fingerprint density at radius 1 is 1.40 bits per heavy atom. The second kappa shape index (κ2) is 4.86. The molecule has 4 nitrogen and oxygen atoms in total. The molecule has 0 spiro atoms. The van der Waals surface area contributed by atoms with Crippen molar-refractivity contribution in [1.29, 1.82) is 0 Å². The first-order valence-electron chi connectivity index (χ1n) is 6.23. The molecule has 1 amide bonds. The van der Waals surface area contributed by atoms with Crippen LogP contribution in [0.15, 0.2) is 16.6 Å². The fourth-order valence-corrected chi connectivity index (χ4v) is 3.84. The summed E-state index contributed by atoms with van der Waals surface area (Å²) in [4.78, 5) is 24.4. The number of phenolic OH excluding ortho intramolecular Hbond substituents is 1. The predicted octanol–water partition coefficient (Wildman–Crippen LogP) is 2.99. The maximum absolute atomic E-state index is 12.0. The van der Waals surface area contributed by atoms with E-state index >= 15 is 0 Å². The molecule has 3 rings (SSSR count). The van der Waals surface area contributed by atoms with E-state index in [2.05, 4.69) is 15.9 Å². The number of halogens is 1. The number of nitrogens with two attached hydrogens (primary N) is 1. The van der Waals surface area contributed by atoms with Gasteiger partial charge in [0, 0.05) is 27.3 Å². The van der Waals surface area contributed by atoms with Crippen molar-refractivity contribution in [3.8, 4) is 5.75 Å². The molecule has 1 heterocycles. The van der Waals surface area contributed by atoms with Crippen molar-refractivity contribution < 1.29 is 14.7 Å². The highest BCUT2D eigenvalue weighted by Crippen LogP contribution is 2.39. The number of carbonyl (C=O) groups is 2. The number of aromatic hydroxyl groups is 1. The second-order valence-corrected chi connectivity index (χ2v) is 6.97. The second-order valence-electron chi connectivity index (χ2n) is 4.98. The third kappa shape index (κ3) is 2.33. The molecule has 104 valence electrons. The Morgan fingerprint density at radius 3 is 2.70 bits per heavy atom.